The second-order valence-corrected chi connectivity index (χ2v) is 6.97. The fourth-order valence-corrected chi connectivity index (χ4v) is 3.38. The van der Waals surface area contributed by atoms with E-state index in [0.717, 1.165) is 4.47 Å². The molecule has 0 aliphatic heterocycles. The maximum atomic E-state index is 12.2. The van der Waals surface area contributed by atoms with E-state index in [-0.39, 0.29) is 21.9 Å². The van der Waals surface area contributed by atoms with Gasteiger partial charge in [0.15, 0.2) is 0 Å². The minimum absolute atomic E-state index is 0.000294. The molecule has 1 aromatic carbocycles. The van der Waals surface area contributed by atoms with Gasteiger partial charge in [0.25, 0.3) is 5.16 Å². The first-order chi connectivity index (χ1) is 8.87. The van der Waals surface area contributed by atoms with Crippen LogP contribution in [0.4, 0.5) is 5.82 Å². The van der Waals surface area contributed by atoms with Gasteiger partial charge in [-0.1, -0.05) is 39.7 Å². The Bertz CT molecular complexity index is 701. The summed E-state index contributed by atoms with van der Waals surface area (Å²) in [6, 6.07) is 8.27. The summed E-state index contributed by atoms with van der Waals surface area (Å²) in [4.78, 5) is 7.41. The average Bonchev–Trinajstić information content (AvgIpc) is 2.26. The predicted molar refractivity (Wildman–Crippen MR) is 76.5 cm³/mol. The molecular formula is C11H9BrClN3O2S. The minimum Gasteiger partial charge on any atom is -0.384 e. The molecule has 0 fully saturated rings. The Balaban J connectivity index is 2.37. The Morgan fingerprint density at radius 2 is 2.00 bits per heavy atom. The lowest BCUT2D eigenvalue weighted by Crippen LogP contribution is -2.11. The highest BCUT2D eigenvalue weighted by Gasteiger charge is 2.20. The van der Waals surface area contributed by atoms with Crippen LogP contribution in [0.3, 0.4) is 0 Å². The van der Waals surface area contributed by atoms with Crippen molar-refractivity contribution in [1.29, 1.82) is 0 Å². The van der Waals surface area contributed by atoms with Gasteiger partial charge in [0, 0.05) is 10.5 Å². The zero-order valence-electron chi connectivity index (χ0n) is 9.55. The van der Waals surface area contributed by atoms with Crippen LogP contribution in [-0.2, 0) is 15.6 Å². The predicted octanol–water partition coefficient (Wildman–Crippen LogP) is 2.45. The van der Waals surface area contributed by atoms with E-state index in [9.17, 15) is 8.42 Å². The zero-order valence-corrected chi connectivity index (χ0v) is 12.7. The number of rotatable bonds is 3. The van der Waals surface area contributed by atoms with Gasteiger partial charge in [-0.3, -0.25) is 0 Å². The Labute approximate surface area is 123 Å². The van der Waals surface area contributed by atoms with E-state index >= 15 is 0 Å². The van der Waals surface area contributed by atoms with Gasteiger partial charge >= 0.3 is 0 Å². The number of halogens is 2. The number of nitrogens with two attached hydrogens (primary N) is 1. The Morgan fingerprint density at radius 1 is 1.26 bits per heavy atom. The molecule has 2 N–H and O–H groups in total. The van der Waals surface area contributed by atoms with Crippen molar-refractivity contribution in [3.05, 3.63) is 45.5 Å². The van der Waals surface area contributed by atoms with Crippen LogP contribution >= 0.6 is 27.5 Å². The van der Waals surface area contributed by atoms with Gasteiger partial charge in [0.1, 0.15) is 11.0 Å². The molecule has 0 aliphatic rings. The monoisotopic (exact) mass is 361 g/mol. The number of hydrogen-bond acceptors (Lipinski definition) is 5. The number of anilines is 1. The van der Waals surface area contributed by atoms with Crippen LogP contribution < -0.4 is 5.73 Å². The molecule has 19 heavy (non-hydrogen) atoms. The quantitative estimate of drug-likeness (QED) is 0.669. The lowest BCUT2D eigenvalue weighted by Gasteiger charge is -2.05. The first kappa shape index (κ1) is 14.2. The summed E-state index contributed by atoms with van der Waals surface area (Å²) >= 11 is 8.96. The zero-order chi connectivity index (χ0) is 14.0. The van der Waals surface area contributed by atoms with Crippen molar-refractivity contribution in [2.45, 2.75) is 10.9 Å². The third kappa shape index (κ3) is 3.65. The van der Waals surface area contributed by atoms with Crippen molar-refractivity contribution in [1.82, 2.24) is 9.97 Å². The molecule has 0 saturated carbocycles. The fourth-order valence-electron chi connectivity index (χ4n) is 1.46. The number of benzene rings is 1. The van der Waals surface area contributed by atoms with Gasteiger partial charge in [-0.25, -0.2) is 18.4 Å². The van der Waals surface area contributed by atoms with Gasteiger partial charge in [-0.05, 0) is 17.7 Å². The fraction of sp³-hybridized carbons (Fsp3) is 0.0909. The number of nitrogens with zero attached hydrogens (tertiary/aromatic N) is 2. The molecule has 0 bridgehead atoms. The molecule has 1 aromatic heterocycles. The van der Waals surface area contributed by atoms with Crippen molar-refractivity contribution in [2.75, 3.05) is 5.73 Å². The van der Waals surface area contributed by atoms with Crippen LogP contribution in [-0.4, -0.2) is 18.4 Å². The normalized spacial score (nSPS) is 11.5. The second kappa shape index (κ2) is 5.44. The highest BCUT2D eigenvalue weighted by Crippen LogP contribution is 2.19. The summed E-state index contributed by atoms with van der Waals surface area (Å²) in [5, 5.41) is -0.363. The summed E-state index contributed by atoms with van der Waals surface area (Å²) in [7, 11) is -3.68. The van der Waals surface area contributed by atoms with Crippen molar-refractivity contribution in [2.24, 2.45) is 0 Å². The topological polar surface area (TPSA) is 85.9 Å². The van der Waals surface area contributed by atoms with E-state index in [4.69, 9.17) is 17.3 Å². The van der Waals surface area contributed by atoms with Crippen molar-refractivity contribution in [3.8, 4) is 0 Å². The van der Waals surface area contributed by atoms with E-state index in [1.54, 1.807) is 18.2 Å². The summed E-state index contributed by atoms with van der Waals surface area (Å²) in [6.45, 7) is 0. The molecule has 0 aliphatic carbocycles. The number of hydrogen-bond donors (Lipinski definition) is 1. The standard InChI is InChI=1S/C11H9BrClN3O2S/c12-8-3-1-2-7(4-8)6-19(17,18)11-15-9(13)5-10(14)16-11/h1-5H,6H2,(H2,14,15,16). The average molecular weight is 363 g/mol. The largest absolute Gasteiger partial charge is 0.384 e. The number of aromatic nitrogens is 2. The summed E-state index contributed by atoms with van der Waals surface area (Å²) in [5.41, 5.74) is 6.09. The second-order valence-electron chi connectivity index (χ2n) is 3.79. The van der Waals surface area contributed by atoms with E-state index in [1.165, 1.54) is 6.07 Å². The molecule has 0 radical (unpaired) electrons. The van der Waals surface area contributed by atoms with Crippen LogP contribution in [0.1, 0.15) is 5.56 Å². The van der Waals surface area contributed by atoms with Crippen LogP contribution in [0.15, 0.2) is 40.0 Å². The molecule has 5 nitrogen and oxygen atoms in total. The van der Waals surface area contributed by atoms with Crippen molar-refractivity contribution in [3.63, 3.8) is 0 Å². The van der Waals surface area contributed by atoms with E-state index in [2.05, 4.69) is 25.9 Å². The molecule has 0 saturated heterocycles. The molecule has 1 heterocycles. The Morgan fingerprint density at radius 3 is 2.63 bits per heavy atom. The molecule has 2 rings (SSSR count). The van der Waals surface area contributed by atoms with Crippen LogP contribution in [0.5, 0.6) is 0 Å². The minimum atomic E-state index is -3.68. The SMILES string of the molecule is Nc1cc(Cl)nc(S(=O)(=O)Cc2cccc(Br)c2)n1. The maximum absolute atomic E-state index is 12.2. The summed E-state index contributed by atoms with van der Waals surface area (Å²) in [5.74, 6) is -0.195. The third-order valence-corrected chi connectivity index (χ3v) is 4.36. The lowest BCUT2D eigenvalue weighted by molar-refractivity contribution is 0.586. The van der Waals surface area contributed by atoms with Gasteiger partial charge in [0.05, 0.1) is 5.75 Å². The first-order valence-electron chi connectivity index (χ1n) is 5.14. The molecule has 0 amide bonds. The lowest BCUT2D eigenvalue weighted by atomic mass is 10.2. The molecule has 0 unspecified atom stereocenters. The molecule has 100 valence electrons. The van der Waals surface area contributed by atoms with E-state index in [1.807, 2.05) is 6.07 Å². The molecule has 0 atom stereocenters. The number of sulfone groups is 1. The molecular weight excluding hydrogens is 354 g/mol. The molecule has 0 spiro atoms. The summed E-state index contributed by atoms with van der Waals surface area (Å²) in [6.07, 6.45) is 0. The van der Waals surface area contributed by atoms with Crippen LogP contribution in [0.25, 0.3) is 0 Å². The van der Waals surface area contributed by atoms with Gasteiger partial charge < -0.3 is 5.73 Å². The highest BCUT2D eigenvalue weighted by molar-refractivity contribution is 9.10. The molecule has 8 heteroatoms. The van der Waals surface area contributed by atoms with E-state index in [0.29, 0.717) is 5.56 Å². The Kier molecular flexibility index (Phi) is 4.07. The third-order valence-electron chi connectivity index (χ3n) is 2.22. The van der Waals surface area contributed by atoms with Gasteiger partial charge in [-0.15, -0.1) is 0 Å². The number of nitrogen functional groups attached to an aromatic ring is 1. The van der Waals surface area contributed by atoms with Crippen molar-refractivity contribution >= 4 is 43.2 Å². The maximum Gasteiger partial charge on any atom is 0.250 e. The van der Waals surface area contributed by atoms with E-state index < -0.39 is 9.84 Å². The smallest absolute Gasteiger partial charge is 0.250 e. The molecule has 2 aromatic rings. The Hall–Kier alpha value is -1.18. The van der Waals surface area contributed by atoms with Gasteiger partial charge in [-0.2, -0.15) is 0 Å². The first-order valence-corrected chi connectivity index (χ1v) is 7.96. The summed E-state index contributed by atoms with van der Waals surface area (Å²) < 4.78 is 25.1. The van der Waals surface area contributed by atoms with Gasteiger partial charge in [0.2, 0.25) is 9.84 Å². The van der Waals surface area contributed by atoms with Crippen LogP contribution in [0.2, 0.25) is 5.15 Å². The highest BCUT2D eigenvalue weighted by atomic mass is 79.9. The van der Waals surface area contributed by atoms with Crippen molar-refractivity contribution < 1.29 is 8.42 Å². The van der Waals surface area contributed by atoms with Crippen LogP contribution in [0, 0.1) is 0 Å².